The van der Waals surface area contributed by atoms with Gasteiger partial charge in [-0.05, 0) is 67.3 Å². The number of hydrogen-bond acceptors (Lipinski definition) is 6. The number of nitrogens with zero attached hydrogens (tertiary/aromatic N) is 1. The van der Waals surface area contributed by atoms with Gasteiger partial charge in [0.1, 0.15) is 11.1 Å². The first-order valence-corrected chi connectivity index (χ1v) is 13.1. The van der Waals surface area contributed by atoms with Crippen LogP contribution in [-0.2, 0) is 17.6 Å². The van der Waals surface area contributed by atoms with Crippen molar-refractivity contribution >= 4 is 56.9 Å². The summed E-state index contributed by atoms with van der Waals surface area (Å²) in [5.41, 5.74) is 2.45. The SMILES string of the molecule is CCC(Sc1cccc(NC(=O)c2cccs2)c1)C(=O)Nc1sc2c(c1C#N)CCCC2. The number of hydrogen-bond donors (Lipinski definition) is 2. The van der Waals surface area contributed by atoms with Gasteiger partial charge >= 0.3 is 0 Å². The van der Waals surface area contributed by atoms with E-state index in [0.29, 0.717) is 27.5 Å². The molecule has 1 atom stereocenters. The minimum absolute atomic E-state index is 0.0966. The molecule has 1 aliphatic carbocycles. The number of rotatable bonds is 7. The van der Waals surface area contributed by atoms with Crippen LogP contribution in [0.25, 0.3) is 0 Å². The van der Waals surface area contributed by atoms with E-state index in [4.69, 9.17) is 0 Å². The Labute approximate surface area is 199 Å². The van der Waals surface area contributed by atoms with E-state index in [9.17, 15) is 14.9 Å². The van der Waals surface area contributed by atoms with Gasteiger partial charge in [-0.15, -0.1) is 34.4 Å². The van der Waals surface area contributed by atoms with Crippen LogP contribution in [0.15, 0.2) is 46.7 Å². The Kier molecular flexibility index (Phi) is 7.30. The Balaban J connectivity index is 1.44. The average Bonchev–Trinajstić information content (AvgIpc) is 3.45. The predicted molar refractivity (Wildman–Crippen MR) is 133 cm³/mol. The molecule has 2 heterocycles. The number of carbonyl (C=O) groups is 2. The largest absolute Gasteiger partial charge is 0.321 e. The number of thiophene rings is 2. The lowest BCUT2D eigenvalue weighted by Crippen LogP contribution is -2.24. The fourth-order valence-electron chi connectivity index (χ4n) is 3.70. The highest BCUT2D eigenvalue weighted by Gasteiger charge is 2.25. The predicted octanol–water partition coefficient (Wildman–Crippen LogP) is 6.32. The van der Waals surface area contributed by atoms with Gasteiger partial charge in [0.2, 0.25) is 5.91 Å². The smallest absolute Gasteiger partial charge is 0.265 e. The molecule has 3 aromatic rings. The summed E-state index contributed by atoms with van der Waals surface area (Å²) in [5, 5.41) is 17.8. The number of anilines is 2. The van der Waals surface area contributed by atoms with Gasteiger partial charge in [-0.25, -0.2) is 0 Å². The van der Waals surface area contributed by atoms with E-state index in [0.717, 1.165) is 36.1 Å². The van der Waals surface area contributed by atoms with Gasteiger partial charge in [0.25, 0.3) is 5.91 Å². The molecule has 1 unspecified atom stereocenters. The summed E-state index contributed by atoms with van der Waals surface area (Å²) in [6.07, 6.45) is 4.79. The summed E-state index contributed by atoms with van der Waals surface area (Å²) < 4.78 is 0. The minimum atomic E-state index is -0.302. The van der Waals surface area contributed by atoms with Crippen LogP contribution in [0.2, 0.25) is 0 Å². The molecular weight excluding hydrogens is 458 g/mol. The molecule has 164 valence electrons. The highest BCUT2D eigenvalue weighted by molar-refractivity contribution is 8.00. The van der Waals surface area contributed by atoms with Crippen molar-refractivity contribution in [3.63, 3.8) is 0 Å². The molecule has 0 saturated carbocycles. The zero-order chi connectivity index (χ0) is 22.5. The Morgan fingerprint density at radius 1 is 1.19 bits per heavy atom. The lowest BCUT2D eigenvalue weighted by molar-refractivity contribution is -0.115. The summed E-state index contributed by atoms with van der Waals surface area (Å²) in [6, 6.07) is 13.5. The maximum atomic E-state index is 13.0. The van der Waals surface area contributed by atoms with Crippen LogP contribution in [-0.4, -0.2) is 17.1 Å². The monoisotopic (exact) mass is 481 g/mol. The maximum Gasteiger partial charge on any atom is 0.265 e. The number of benzene rings is 1. The molecular formula is C24H23N3O2S3. The van der Waals surface area contributed by atoms with Crippen LogP contribution in [0.5, 0.6) is 0 Å². The lowest BCUT2D eigenvalue weighted by Gasteiger charge is -2.15. The zero-order valence-corrected chi connectivity index (χ0v) is 20.1. The molecule has 0 aliphatic heterocycles. The van der Waals surface area contributed by atoms with Crippen LogP contribution < -0.4 is 10.6 Å². The summed E-state index contributed by atoms with van der Waals surface area (Å²) in [6.45, 7) is 1.98. The van der Waals surface area contributed by atoms with Crippen molar-refractivity contribution in [1.29, 1.82) is 5.26 Å². The molecule has 32 heavy (non-hydrogen) atoms. The Morgan fingerprint density at radius 3 is 2.78 bits per heavy atom. The topological polar surface area (TPSA) is 82.0 Å². The van der Waals surface area contributed by atoms with Crippen molar-refractivity contribution in [2.75, 3.05) is 10.6 Å². The highest BCUT2D eigenvalue weighted by atomic mass is 32.2. The second-order valence-corrected chi connectivity index (χ2v) is 10.8. The number of carbonyl (C=O) groups excluding carboxylic acids is 2. The molecule has 5 nitrogen and oxygen atoms in total. The molecule has 0 radical (unpaired) electrons. The van der Waals surface area contributed by atoms with Gasteiger partial charge in [0.05, 0.1) is 15.7 Å². The van der Waals surface area contributed by atoms with Crippen molar-refractivity contribution in [1.82, 2.24) is 0 Å². The van der Waals surface area contributed by atoms with E-state index in [1.807, 2.05) is 42.6 Å². The molecule has 2 N–H and O–H groups in total. The van der Waals surface area contributed by atoms with E-state index in [1.165, 1.54) is 28.0 Å². The molecule has 0 saturated heterocycles. The van der Waals surface area contributed by atoms with Gasteiger partial charge in [-0.1, -0.05) is 19.1 Å². The van der Waals surface area contributed by atoms with E-state index in [-0.39, 0.29) is 17.1 Å². The third-order valence-corrected chi connectivity index (χ3v) is 8.73. The minimum Gasteiger partial charge on any atom is -0.321 e. The second kappa shape index (κ2) is 10.3. The molecule has 0 fully saturated rings. The van der Waals surface area contributed by atoms with Gasteiger partial charge < -0.3 is 10.6 Å². The summed E-state index contributed by atoms with van der Waals surface area (Å²) in [5.74, 6) is -0.238. The highest BCUT2D eigenvalue weighted by Crippen LogP contribution is 2.38. The first-order chi connectivity index (χ1) is 15.6. The normalized spacial score (nSPS) is 13.6. The summed E-state index contributed by atoms with van der Waals surface area (Å²) >= 11 is 4.40. The molecule has 2 amide bonds. The standard InChI is InChI=1S/C24H23N3O2S3/c1-2-19(22(28)27-24-18(14-25)17-9-3-4-10-20(17)32-24)31-16-8-5-7-15(13-16)26-23(29)21-11-6-12-30-21/h5-8,11-13,19H,2-4,9-10H2,1H3,(H,26,29)(H,27,28). The maximum absolute atomic E-state index is 13.0. The number of nitriles is 1. The van der Waals surface area contributed by atoms with Gasteiger partial charge in [-0.2, -0.15) is 5.26 Å². The first kappa shape index (κ1) is 22.6. The van der Waals surface area contributed by atoms with Gasteiger partial charge in [0, 0.05) is 15.5 Å². The summed E-state index contributed by atoms with van der Waals surface area (Å²) in [7, 11) is 0. The van der Waals surface area contributed by atoms with Crippen LogP contribution in [0.1, 0.15) is 51.9 Å². The molecule has 4 rings (SSSR count). The average molecular weight is 482 g/mol. The van der Waals surface area contributed by atoms with Crippen molar-refractivity contribution in [3.8, 4) is 6.07 Å². The van der Waals surface area contributed by atoms with E-state index in [1.54, 1.807) is 17.4 Å². The van der Waals surface area contributed by atoms with Crippen LogP contribution >= 0.6 is 34.4 Å². The third-order valence-electron chi connectivity index (χ3n) is 5.30. The number of nitrogens with one attached hydrogen (secondary N) is 2. The van der Waals surface area contributed by atoms with Gasteiger partial charge in [-0.3, -0.25) is 9.59 Å². The van der Waals surface area contributed by atoms with E-state index >= 15 is 0 Å². The number of fused-ring (bicyclic) bond motifs is 1. The quantitative estimate of drug-likeness (QED) is 0.387. The van der Waals surface area contributed by atoms with E-state index < -0.39 is 0 Å². The fourth-order valence-corrected chi connectivity index (χ4v) is 6.57. The van der Waals surface area contributed by atoms with Gasteiger partial charge in [0.15, 0.2) is 0 Å². The van der Waals surface area contributed by atoms with Crippen molar-refractivity contribution < 1.29 is 9.59 Å². The van der Waals surface area contributed by atoms with Crippen molar-refractivity contribution in [2.24, 2.45) is 0 Å². The fraction of sp³-hybridized carbons (Fsp3) is 0.292. The Morgan fingerprint density at radius 2 is 2.03 bits per heavy atom. The van der Waals surface area contributed by atoms with Crippen molar-refractivity contribution in [2.45, 2.75) is 49.2 Å². The van der Waals surface area contributed by atoms with Crippen molar-refractivity contribution in [3.05, 3.63) is 62.7 Å². The van der Waals surface area contributed by atoms with Crippen LogP contribution in [0, 0.1) is 11.3 Å². The first-order valence-electron chi connectivity index (χ1n) is 10.6. The number of aryl methyl sites for hydroxylation is 1. The number of thioether (sulfide) groups is 1. The number of amides is 2. The lowest BCUT2D eigenvalue weighted by atomic mass is 9.96. The van der Waals surface area contributed by atoms with Crippen LogP contribution in [0.3, 0.4) is 0 Å². The Bertz CT molecular complexity index is 1160. The Hall–Kier alpha value is -2.60. The third kappa shape index (κ3) is 5.07. The zero-order valence-electron chi connectivity index (χ0n) is 17.6. The molecule has 8 heteroatoms. The molecule has 1 aliphatic rings. The molecule has 0 bridgehead atoms. The van der Waals surface area contributed by atoms with Crippen LogP contribution in [0.4, 0.5) is 10.7 Å². The summed E-state index contributed by atoms with van der Waals surface area (Å²) in [4.78, 5) is 28.2. The van der Waals surface area contributed by atoms with E-state index in [2.05, 4.69) is 16.7 Å². The second-order valence-electron chi connectivity index (χ2n) is 7.49. The molecule has 2 aromatic heterocycles. The molecule has 1 aromatic carbocycles. The molecule has 0 spiro atoms.